The molecule has 0 aliphatic rings. The van der Waals surface area contributed by atoms with Crippen molar-refractivity contribution in [3.63, 3.8) is 0 Å². The maximum Gasteiger partial charge on any atom is 0.472 e. The second-order valence-corrected chi connectivity index (χ2v) is 29.8. The molecule has 0 aromatic rings. The highest BCUT2D eigenvalue weighted by molar-refractivity contribution is 7.47. The van der Waals surface area contributed by atoms with Gasteiger partial charge in [0, 0.05) is 25.7 Å². The molecule has 0 amide bonds. The summed E-state index contributed by atoms with van der Waals surface area (Å²) in [5, 5.41) is 10.6. The molecule has 0 saturated heterocycles. The normalized spacial score (nSPS) is 14.6. The van der Waals surface area contributed by atoms with Crippen molar-refractivity contribution >= 4 is 39.5 Å². The lowest BCUT2D eigenvalue weighted by molar-refractivity contribution is -0.161. The standard InChI is InChI=1S/C70H136O17P2/c1-9-63(8)49-41-33-28-29-35-43-51-68(73)81-57-66(87-70(75)53-45-37-26-20-16-15-18-23-31-39-47-61(4)5)59-85-89(78,79)83-55-64(71)54-82-88(76,77)84-58-65(56-80-67(72)50-42-34-27-21-24-32-40-48-62(6)7)86-69(74)52-44-36-25-19-14-12-10-11-13-17-22-30-38-46-60(2)3/h60-66,71H,9-59H2,1-8H3,(H,76,77)(H,78,79)/t63?,64?,65-,66-/m1/s1. The van der Waals surface area contributed by atoms with Gasteiger partial charge in [-0.15, -0.1) is 0 Å². The van der Waals surface area contributed by atoms with Crippen LogP contribution in [0.5, 0.6) is 0 Å². The molecular weight excluding hydrogens is 1170 g/mol. The number of ether oxygens (including phenoxy) is 4. The minimum Gasteiger partial charge on any atom is -0.462 e. The number of phosphoric acid groups is 2. The van der Waals surface area contributed by atoms with Gasteiger partial charge in [0.05, 0.1) is 26.4 Å². The van der Waals surface area contributed by atoms with E-state index in [0.29, 0.717) is 31.6 Å². The molecular formula is C70H136O17P2. The summed E-state index contributed by atoms with van der Waals surface area (Å²) in [6.07, 6.45) is 41.8. The Morgan fingerprint density at radius 2 is 0.539 bits per heavy atom. The van der Waals surface area contributed by atoms with Crippen LogP contribution in [0.4, 0.5) is 0 Å². The monoisotopic (exact) mass is 1310 g/mol. The van der Waals surface area contributed by atoms with E-state index in [4.69, 9.17) is 37.0 Å². The number of unbranched alkanes of at least 4 members (excludes halogenated alkanes) is 32. The molecule has 3 N–H and O–H groups in total. The third kappa shape index (κ3) is 63.2. The van der Waals surface area contributed by atoms with Gasteiger partial charge in [0.2, 0.25) is 0 Å². The van der Waals surface area contributed by atoms with Gasteiger partial charge in [-0.1, -0.05) is 293 Å². The minimum atomic E-state index is -4.95. The highest BCUT2D eigenvalue weighted by Gasteiger charge is 2.30. The Labute approximate surface area is 543 Å². The Hall–Kier alpha value is -1.94. The van der Waals surface area contributed by atoms with Crippen LogP contribution in [0.3, 0.4) is 0 Å². The summed E-state index contributed by atoms with van der Waals surface area (Å²) in [4.78, 5) is 72.5. The summed E-state index contributed by atoms with van der Waals surface area (Å²) in [5.74, 6) is 0.843. The van der Waals surface area contributed by atoms with E-state index in [1.807, 2.05) is 0 Å². The first-order valence-corrected chi connectivity index (χ1v) is 39.2. The van der Waals surface area contributed by atoms with Crippen LogP contribution >= 0.6 is 15.6 Å². The van der Waals surface area contributed by atoms with Gasteiger partial charge >= 0.3 is 39.5 Å². The van der Waals surface area contributed by atoms with E-state index in [9.17, 15) is 43.2 Å². The molecule has 0 heterocycles. The van der Waals surface area contributed by atoms with Gasteiger partial charge in [-0.05, 0) is 49.4 Å². The zero-order chi connectivity index (χ0) is 66.1. The van der Waals surface area contributed by atoms with Crippen LogP contribution in [0, 0.1) is 23.7 Å². The van der Waals surface area contributed by atoms with Crippen molar-refractivity contribution in [3.05, 3.63) is 0 Å². The molecule has 528 valence electrons. The predicted octanol–water partition coefficient (Wildman–Crippen LogP) is 19.7. The van der Waals surface area contributed by atoms with Crippen molar-refractivity contribution in [1.29, 1.82) is 0 Å². The van der Waals surface area contributed by atoms with Crippen molar-refractivity contribution in [2.75, 3.05) is 39.6 Å². The van der Waals surface area contributed by atoms with E-state index >= 15 is 0 Å². The number of aliphatic hydroxyl groups excluding tert-OH is 1. The summed E-state index contributed by atoms with van der Waals surface area (Å²) in [6, 6.07) is 0. The van der Waals surface area contributed by atoms with E-state index in [2.05, 4.69) is 55.4 Å². The molecule has 0 saturated carbocycles. The van der Waals surface area contributed by atoms with Gasteiger partial charge in [0.25, 0.3) is 0 Å². The SMILES string of the molecule is CCC(C)CCCCCCCCC(=O)OC[C@H](COP(=O)(O)OCC(O)COP(=O)(O)OC[C@@H](COC(=O)CCCCCCCCCC(C)C)OC(=O)CCCCCCCCCCCCCCCC(C)C)OC(=O)CCCCCCCCCCCCC(C)C. The van der Waals surface area contributed by atoms with Crippen molar-refractivity contribution in [2.45, 2.75) is 363 Å². The predicted molar refractivity (Wildman–Crippen MR) is 358 cm³/mol. The molecule has 0 rings (SSSR count). The van der Waals surface area contributed by atoms with Crippen molar-refractivity contribution in [2.24, 2.45) is 23.7 Å². The average molecular weight is 1310 g/mol. The highest BCUT2D eigenvalue weighted by atomic mass is 31.2. The highest BCUT2D eigenvalue weighted by Crippen LogP contribution is 2.45. The Kier molecular flexibility index (Phi) is 58.5. The smallest absolute Gasteiger partial charge is 0.462 e. The molecule has 89 heavy (non-hydrogen) atoms. The van der Waals surface area contributed by atoms with E-state index in [0.717, 1.165) is 120 Å². The lowest BCUT2D eigenvalue weighted by atomic mass is 10.00. The molecule has 6 atom stereocenters. The fraction of sp³-hybridized carbons (Fsp3) is 0.943. The van der Waals surface area contributed by atoms with Crippen molar-refractivity contribution in [1.82, 2.24) is 0 Å². The number of esters is 4. The van der Waals surface area contributed by atoms with E-state index < -0.39 is 97.5 Å². The van der Waals surface area contributed by atoms with E-state index in [1.165, 1.54) is 135 Å². The quantitative estimate of drug-likeness (QED) is 0.0222. The number of carbonyl (C=O) groups excluding carboxylic acids is 4. The Bertz CT molecular complexity index is 1770. The summed E-state index contributed by atoms with van der Waals surface area (Å²) >= 11 is 0. The molecule has 0 aromatic heterocycles. The fourth-order valence-electron chi connectivity index (χ4n) is 10.5. The number of hydrogen-bond donors (Lipinski definition) is 3. The molecule has 0 aliphatic heterocycles. The molecule has 0 fully saturated rings. The Balaban J connectivity index is 5.25. The Morgan fingerprint density at radius 1 is 0.315 bits per heavy atom. The lowest BCUT2D eigenvalue weighted by Gasteiger charge is -2.21. The van der Waals surface area contributed by atoms with Crippen LogP contribution in [-0.4, -0.2) is 96.7 Å². The summed E-state index contributed by atoms with van der Waals surface area (Å²) in [7, 11) is -9.90. The lowest BCUT2D eigenvalue weighted by Crippen LogP contribution is -2.30. The second-order valence-electron chi connectivity index (χ2n) is 26.9. The van der Waals surface area contributed by atoms with E-state index in [1.54, 1.807) is 0 Å². The first-order chi connectivity index (χ1) is 42.6. The molecule has 0 aromatic carbocycles. The fourth-order valence-corrected chi connectivity index (χ4v) is 12.0. The zero-order valence-corrected chi connectivity index (χ0v) is 59.8. The first-order valence-electron chi connectivity index (χ1n) is 36.2. The van der Waals surface area contributed by atoms with Crippen molar-refractivity contribution in [3.8, 4) is 0 Å². The summed E-state index contributed by atoms with van der Waals surface area (Å²) in [6.45, 7) is 14.1. The van der Waals surface area contributed by atoms with Crippen molar-refractivity contribution < 1.29 is 80.2 Å². The number of carbonyl (C=O) groups is 4. The zero-order valence-electron chi connectivity index (χ0n) is 58.1. The molecule has 0 aliphatic carbocycles. The van der Waals surface area contributed by atoms with Gasteiger partial charge in [-0.2, -0.15) is 0 Å². The third-order valence-corrected chi connectivity index (χ3v) is 18.3. The number of phosphoric ester groups is 2. The molecule has 19 heteroatoms. The van der Waals surface area contributed by atoms with Crippen LogP contribution in [0.1, 0.15) is 344 Å². The molecule has 4 unspecified atom stereocenters. The van der Waals surface area contributed by atoms with Crippen LogP contribution < -0.4 is 0 Å². The minimum absolute atomic E-state index is 0.104. The largest absolute Gasteiger partial charge is 0.472 e. The third-order valence-electron chi connectivity index (χ3n) is 16.4. The van der Waals surface area contributed by atoms with Gasteiger partial charge < -0.3 is 33.8 Å². The van der Waals surface area contributed by atoms with Gasteiger partial charge in [-0.3, -0.25) is 37.3 Å². The van der Waals surface area contributed by atoms with Gasteiger partial charge in [0.1, 0.15) is 19.3 Å². The van der Waals surface area contributed by atoms with Gasteiger partial charge in [-0.25, -0.2) is 9.13 Å². The summed E-state index contributed by atoms with van der Waals surface area (Å²) in [5.41, 5.74) is 0. The molecule has 17 nitrogen and oxygen atoms in total. The Morgan fingerprint density at radius 3 is 0.798 bits per heavy atom. The maximum atomic E-state index is 13.0. The van der Waals surface area contributed by atoms with Crippen LogP contribution in [0.2, 0.25) is 0 Å². The first kappa shape index (κ1) is 87.1. The molecule has 0 spiro atoms. The number of hydrogen-bond acceptors (Lipinski definition) is 15. The topological polar surface area (TPSA) is 237 Å². The van der Waals surface area contributed by atoms with Crippen LogP contribution in [-0.2, 0) is 65.4 Å². The van der Waals surface area contributed by atoms with Crippen LogP contribution in [0.15, 0.2) is 0 Å². The summed E-state index contributed by atoms with van der Waals surface area (Å²) < 4.78 is 68.3. The second kappa shape index (κ2) is 59.8. The molecule has 0 radical (unpaired) electrons. The molecule has 0 bridgehead atoms. The number of rotatable bonds is 67. The van der Waals surface area contributed by atoms with E-state index in [-0.39, 0.29) is 25.7 Å². The number of aliphatic hydroxyl groups is 1. The van der Waals surface area contributed by atoms with Gasteiger partial charge in [0.15, 0.2) is 12.2 Å². The average Bonchev–Trinajstić information content (AvgIpc) is 3.66. The maximum absolute atomic E-state index is 13.0. The van der Waals surface area contributed by atoms with Crippen LogP contribution in [0.25, 0.3) is 0 Å².